The molecule has 4 rings (SSSR count). The summed E-state index contributed by atoms with van der Waals surface area (Å²) in [6.07, 6.45) is 6.33. The maximum atomic E-state index is 12.7. The Kier molecular flexibility index (Phi) is 12.6. The second-order valence-electron chi connectivity index (χ2n) is 10.0. The van der Waals surface area contributed by atoms with E-state index in [4.69, 9.17) is 15.2 Å². The summed E-state index contributed by atoms with van der Waals surface area (Å²) in [5.41, 5.74) is 7.73. The molecule has 1 saturated carbocycles. The highest BCUT2D eigenvalue weighted by Gasteiger charge is 2.15. The van der Waals surface area contributed by atoms with Crippen molar-refractivity contribution in [2.75, 3.05) is 62.0 Å². The number of carbonyl (C=O) groups is 1. The molecule has 1 heterocycles. The summed E-state index contributed by atoms with van der Waals surface area (Å²) >= 11 is 0. The number of aromatic nitrogens is 3. The monoisotopic (exact) mass is 562 g/mol. The first-order valence-electron chi connectivity index (χ1n) is 14.5. The van der Waals surface area contributed by atoms with Crippen molar-refractivity contribution in [1.29, 1.82) is 0 Å². The average molecular weight is 563 g/mol. The van der Waals surface area contributed by atoms with Crippen molar-refractivity contribution >= 4 is 29.4 Å². The Balaban J connectivity index is 1.36. The summed E-state index contributed by atoms with van der Waals surface area (Å²) in [4.78, 5) is 26.5. The topological polar surface area (TPSA) is 148 Å². The van der Waals surface area contributed by atoms with E-state index in [2.05, 4.69) is 48.4 Å². The van der Waals surface area contributed by atoms with Gasteiger partial charge >= 0.3 is 0 Å². The first-order chi connectivity index (χ1) is 20.2. The highest BCUT2D eigenvalue weighted by atomic mass is 16.5. The van der Waals surface area contributed by atoms with Gasteiger partial charge in [-0.25, -0.2) is 0 Å². The molecule has 11 heteroatoms. The minimum absolute atomic E-state index is 0.188. The normalized spacial score (nSPS) is 13.5. The average Bonchev–Trinajstić information content (AvgIpc) is 3.01. The summed E-state index contributed by atoms with van der Waals surface area (Å²) in [5.74, 6) is 1.82. The van der Waals surface area contributed by atoms with Gasteiger partial charge in [0, 0.05) is 37.4 Å². The number of anilines is 4. The molecule has 1 aliphatic carbocycles. The van der Waals surface area contributed by atoms with E-state index in [0.29, 0.717) is 81.1 Å². The van der Waals surface area contributed by atoms with Crippen LogP contribution in [0.25, 0.3) is 0 Å². The second-order valence-corrected chi connectivity index (χ2v) is 10.0. The fourth-order valence-corrected chi connectivity index (χ4v) is 4.61. The number of hydrogen-bond donors (Lipinski definition) is 5. The van der Waals surface area contributed by atoms with Crippen LogP contribution in [0.3, 0.4) is 0 Å². The SMILES string of the molecule is NCCOCCOCCNC(=O)c1cccc(Nc2nc(NCc3ccccc3)nc(NCC3CCCCC3)n2)c1. The Bertz CT molecular complexity index is 1190. The Hall–Kier alpha value is -3.80. The minimum atomic E-state index is -0.188. The van der Waals surface area contributed by atoms with Crippen LogP contribution >= 0.6 is 0 Å². The standard InChI is InChI=1S/C30H42N8O3/c31-14-16-40-18-19-41-17-15-32-27(39)25-12-7-13-26(20-25)35-30-37-28(33-21-23-8-3-1-4-9-23)36-29(38-30)34-22-24-10-5-2-6-11-24/h1,3-4,7-9,12-13,20,24H,2,5-6,10-11,14-19,21-22,31H2,(H,32,39)(H3,33,34,35,36,37,38). The number of rotatable bonds is 17. The molecule has 41 heavy (non-hydrogen) atoms. The largest absolute Gasteiger partial charge is 0.378 e. The summed E-state index contributed by atoms with van der Waals surface area (Å²) in [6.45, 7) is 4.16. The molecule has 1 fully saturated rings. The maximum absolute atomic E-state index is 12.7. The van der Waals surface area contributed by atoms with Crippen molar-refractivity contribution in [3.05, 3.63) is 65.7 Å². The van der Waals surface area contributed by atoms with Gasteiger partial charge in [0.05, 0.1) is 26.4 Å². The molecule has 1 aromatic heterocycles. The van der Waals surface area contributed by atoms with E-state index < -0.39 is 0 Å². The molecule has 11 nitrogen and oxygen atoms in total. The molecular formula is C30H42N8O3. The molecule has 0 saturated heterocycles. The molecule has 2 aromatic carbocycles. The van der Waals surface area contributed by atoms with Gasteiger partial charge in [0.1, 0.15) is 0 Å². The molecule has 1 aliphatic rings. The summed E-state index contributed by atoms with van der Waals surface area (Å²) in [6, 6.07) is 17.3. The fourth-order valence-electron chi connectivity index (χ4n) is 4.61. The Morgan fingerprint density at radius 2 is 1.56 bits per heavy atom. The molecule has 6 N–H and O–H groups in total. The number of carbonyl (C=O) groups excluding carboxylic acids is 1. The molecule has 0 spiro atoms. The predicted molar refractivity (Wildman–Crippen MR) is 161 cm³/mol. The number of nitrogens with two attached hydrogens (primary N) is 1. The quantitative estimate of drug-likeness (QED) is 0.153. The molecule has 3 aromatic rings. The smallest absolute Gasteiger partial charge is 0.251 e. The van der Waals surface area contributed by atoms with Gasteiger partial charge < -0.3 is 36.5 Å². The molecule has 1 amide bonds. The zero-order chi connectivity index (χ0) is 28.5. The van der Waals surface area contributed by atoms with Crippen molar-refractivity contribution in [3.8, 4) is 0 Å². The van der Waals surface area contributed by atoms with E-state index >= 15 is 0 Å². The number of benzene rings is 2. The summed E-state index contributed by atoms with van der Waals surface area (Å²) in [5, 5.41) is 12.9. The Morgan fingerprint density at radius 3 is 2.34 bits per heavy atom. The van der Waals surface area contributed by atoms with Gasteiger partial charge in [0.25, 0.3) is 5.91 Å². The van der Waals surface area contributed by atoms with Crippen LogP contribution in [0.4, 0.5) is 23.5 Å². The highest BCUT2D eigenvalue weighted by molar-refractivity contribution is 5.95. The Labute approximate surface area is 242 Å². The van der Waals surface area contributed by atoms with Crippen LogP contribution in [0.2, 0.25) is 0 Å². The van der Waals surface area contributed by atoms with Crippen molar-refractivity contribution in [2.45, 2.75) is 38.6 Å². The molecule has 220 valence electrons. The third kappa shape index (κ3) is 10.9. The van der Waals surface area contributed by atoms with E-state index in [-0.39, 0.29) is 5.91 Å². The fraction of sp³-hybridized carbons (Fsp3) is 0.467. The van der Waals surface area contributed by atoms with Crippen LogP contribution in [0.15, 0.2) is 54.6 Å². The minimum Gasteiger partial charge on any atom is -0.378 e. The van der Waals surface area contributed by atoms with Gasteiger partial charge in [-0.05, 0) is 42.5 Å². The van der Waals surface area contributed by atoms with Crippen molar-refractivity contribution in [2.24, 2.45) is 11.7 Å². The highest BCUT2D eigenvalue weighted by Crippen LogP contribution is 2.24. The number of ether oxygens (including phenoxy) is 2. The molecule has 0 aliphatic heterocycles. The molecule has 0 atom stereocenters. The van der Waals surface area contributed by atoms with Gasteiger partial charge in [0.2, 0.25) is 17.8 Å². The van der Waals surface area contributed by atoms with Crippen molar-refractivity contribution < 1.29 is 14.3 Å². The van der Waals surface area contributed by atoms with E-state index in [1.54, 1.807) is 12.1 Å². The van der Waals surface area contributed by atoms with Crippen LogP contribution in [0, 0.1) is 5.92 Å². The van der Waals surface area contributed by atoms with Crippen LogP contribution < -0.4 is 27.0 Å². The summed E-state index contributed by atoms with van der Waals surface area (Å²) in [7, 11) is 0. The molecular weight excluding hydrogens is 520 g/mol. The number of amides is 1. The van der Waals surface area contributed by atoms with Crippen molar-refractivity contribution in [1.82, 2.24) is 20.3 Å². The second kappa shape index (κ2) is 17.1. The number of nitrogens with one attached hydrogen (secondary N) is 4. The first kappa shape index (κ1) is 30.2. The lowest BCUT2D eigenvalue weighted by Gasteiger charge is -2.21. The maximum Gasteiger partial charge on any atom is 0.251 e. The van der Waals surface area contributed by atoms with Crippen LogP contribution in [-0.2, 0) is 16.0 Å². The summed E-state index contributed by atoms with van der Waals surface area (Å²) < 4.78 is 10.7. The van der Waals surface area contributed by atoms with E-state index in [0.717, 1.165) is 12.1 Å². The van der Waals surface area contributed by atoms with Gasteiger partial charge in [-0.3, -0.25) is 4.79 Å². The lowest BCUT2D eigenvalue weighted by atomic mass is 9.89. The van der Waals surface area contributed by atoms with Gasteiger partial charge in [0.15, 0.2) is 0 Å². The van der Waals surface area contributed by atoms with Crippen LogP contribution in [0.5, 0.6) is 0 Å². The molecule has 0 unspecified atom stereocenters. The molecule has 0 radical (unpaired) electrons. The Morgan fingerprint density at radius 1 is 0.829 bits per heavy atom. The van der Waals surface area contributed by atoms with Gasteiger partial charge in [-0.2, -0.15) is 15.0 Å². The lowest BCUT2D eigenvalue weighted by Crippen LogP contribution is -2.27. The predicted octanol–water partition coefficient (Wildman–Crippen LogP) is 3.94. The van der Waals surface area contributed by atoms with E-state index in [1.165, 1.54) is 32.1 Å². The van der Waals surface area contributed by atoms with Gasteiger partial charge in [-0.1, -0.05) is 55.7 Å². The van der Waals surface area contributed by atoms with Gasteiger partial charge in [-0.15, -0.1) is 0 Å². The van der Waals surface area contributed by atoms with E-state index in [1.807, 2.05) is 30.3 Å². The molecule has 0 bridgehead atoms. The van der Waals surface area contributed by atoms with Crippen LogP contribution in [0.1, 0.15) is 48.0 Å². The zero-order valence-corrected chi connectivity index (χ0v) is 23.6. The lowest BCUT2D eigenvalue weighted by molar-refractivity contribution is 0.0511. The third-order valence-corrected chi connectivity index (χ3v) is 6.75. The zero-order valence-electron chi connectivity index (χ0n) is 23.6. The van der Waals surface area contributed by atoms with Crippen LogP contribution in [-0.4, -0.2) is 66.9 Å². The first-order valence-corrected chi connectivity index (χ1v) is 14.5. The third-order valence-electron chi connectivity index (χ3n) is 6.75. The van der Waals surface area contributed by atoms with E-state index in [9.17, 15) is 4.79 Å². The van der Waals surface area contributed by atoms with Crippen molar-refractivity contribution in [3.63, 3.8) is 0 Å². The number of nitrogens with zero attached hydrogens (tertiary/aromatic N) is 3. The number of hydrogen-bond acceptors (Lipinski definition) is 10.